The molecule has 0 radical (unpaired) electrons. The minimum atomic E-state index is -3.83. The normalized spacial score (nSPS) is 18.1. The molecule has 1 N–H and O–H groups in total. The average Bonchev–Trinajstić information content (AvgIpc) is 2.75. The highest BCUT2D eigenvalue weighted by molar-refractivity contribution is 7.89. The Kier molecular flexibility index (Phi) is 6.85. The predicted octanol–water partition coefficient (Wildman–Crippen LogP) is 2.43. The van der Waals surface area contributed by atoms with Crippen molar-refractivity contribution in [2.24, 2.45) is 0 Å². The summed E-state index contributed by atoms with van der Waals surface area (Å²) in [5, 5.41) is 2.76. The third-order valence-electron chi connectivity index (χ3n) is 5.35. The predicted molar refractivity (Wildman–Crippen MR) is 119 cm³/mol. The van der Waals surface area contributed by atoms with Gasteiger partial charge in [-0.25, -0.2) is 21.1 Å². The van der Waals surface area contributed by atoms with E-state index in [4.69, 9.17) is 0 Å². The molecule has 1 atom stereocenters. The summed E-state index contributed by atoms with van der Waals surface area (Å²) < 4.78 is 53.5. The van der Waals surface area contributed by atoms with E-state index in [-0.39, 0.29) is 16.3 Å². The summed E-state index contributed by atoms with van der Waals surface area (Å²) in [4.78, 5) is 13.3. The lowest BCUT2D eigenvalue weighted by Crippen LogP contribution is -2.49. The van der Waals surface area contributed by atoms with E-state index in [1.165, 1.54) is 42.7 Å². The number of rotatable bonds is 6. The van der Waals surface area contributed by atoms with Crippen LogP contribution in [0.5, 0.6) is 0 Å². The zero-order valence-corrected chi connectivity index (χ0v) is 19.4. The molecule has 31 heavy (non-hydrogen) atoms. The van der Waals surface area contributed by atoms with Crippen molar-refractivity contribution >= 4 is 31.6 Å². The molecular formula is C21H27N3O5S2. The summed E-state index contributed by atoms with van der Waals surface area (Å²) >= 11 is 0. The molecule has 3 rings (SSSR count). The molecule has 2 aromatic carbocycles. The number of sulfonamides is 2. The summed E-state index contributed by atoms with van der Waals surface area (Å²) in [6, 6.07) is 11.7. The summed E-state index contributed by atoms with van der Waals surface area (Å²) in [6.45, 7) is 2.00. The van der Waals surface area contributed by atoms with Gasteiger partial charge in [-0.05, 0) is 49.6 Å². The van der Waals surface area contributed by atoms with Crippen LogP contribution >= 0.6 is 0 Å². The molecule has 2 aromatic rings. The van der Waals surface area contributed by atoms with Crippen molar-refractivity contribution in [3.05, 3.63) is 54.1 Å². The fourth-order valence-electron chi connectivity index (χ4n) is 3.51. The van der Waals surface area contributed by atoms with Crippen LogP contribution in [-0.2, 0) is 24.8 Å². The van der Waals surface area contributed by atoms with Crippen molar-refractivity contribution < 1.29 is 21.6 Å². The van der Waals surface area contributed by atoms with E-state index in [0.29, 0.717) is 24.1 Å². The molecule has 0 unspecified atom stereocenters. The molecule has 8 nitrogen and oxygen atoms in total. The van der Waals surface area contributed by atoms with Crippen molar-refractivity contribution in [2.75, 3.05) is 26.0 Å². The SMILES string of the molecule is Cc1ccc(S(=O)(=O)N(C)C)cc1NC(=O)[C@@H]1CCCCN1S(=O)(=O)c1ccccc1. The Morgan fingerprint density at radius 2 is 1.68 bits per heavy atom. The summed E-state index contributed by atoms with van der Waals surface area (Å²) in [5.41, 5.74) is 1.02. The average molecular weight is 466 g/mol. The number of hydrogen-bond acceptors (Lipinski definition) is 5. The van der Waals surface area contributed by atoms with E-state index in [1.54, 1.807) is 31.2 Å². The minimum absolute atomic E-state index is 0.0517. The molecule has 10 heteroatoms. The van der Waals surface area contributed by atoms with E-state index in [9.17, 15) is 21.6 Å². The number of anilines is 1. The number of nitrogens with zero attached hydrogens (tertiary/aromatic N) is 2. The molecular weight excluding hydrogens is 438 g/mol. The number of benzene rings is 2. The maximum absolute atomic E-state index is 13.1. The highest BCUT2D eigenvalue weighted by Gasteiger charge is 2.37. The Morgan fingerprint density at radius 3 is 2.32 bits per heavy atom. The standard InChI is InChI=1S/C21H27N3O5S2/c1-16-12-13-18(30(26,27)23(2)3)15-19(16)22-21(25)20-11-7-8-14-24(20)31(28,29)17-9-5-4-6-10-17/h4-6,9-10,12-13,15,20H,7-8,11,14H2,1-3H3,(H,22,25)/t20-/m0/s1. The number of carbonyl (C=O) groups excluding carboxylic acids is 1. The Balaban J connectivity index is 1.90. The van der Waals surface area contributed by atoms with Gasteiger partial charge in [0.2, 0.25) is 26.0 Å². The second-order valence-electron chi connectivity index (χ2n) is 7.69. The van der Waals surface area contributed by atoms with Crippen LogP contribution < -0.4 is 5.32 Å². The second kappa shape index (κ2) is 9.07. The number of piperidine rings is 1. The smallest absolute Gasteiger partial charge is 0.243 e. The van der Waals surface area contributed by atoms with Crippen molar-refractivity contribution in [1.82, 2.24) is 8.61 Å². The highest BCUT2D eigenvalue weighted by Crippen LogP contribution is 2.28. The summed E-state index contributed by atoms with van der Waals surface area (Å²) in [5.74, 6) is -0.471. The molecule has 1 heterocycles. The Morgan fingerprint density at radius 1 is 1.00 bits per heavy atom. The summed E-state index contributed by atoms with van der Waals surface area (Å²) in [6.07, 6.45) is 1.80. The zero-order valence-electron chi connectivity index (χ0n) is 17.8. The minimum Gasteiger partial charge on any atom is -0.324 e. The van der Waals surface area contributed by atoms with Crippen LogP contribution in [-0.4, -0.2) is 58.0 Å². The molecule has 1 saturated heterocycles. The first-order chi connectivity index (χ1) is 14.5. The number of hydrogen-bond donors (Lipinski definition) is 1. The molecule has 1 aliphatic rings. The van der Waals surface area contributed by atoms with Gasteiger partial charge in [-0.15, -0.1) is 0 Å². The molecule has 0 bridgehead atoms. The van der Waals surface area contributed by atoms with E-state index >= 15 is 0 Å². The topological polar surface area (TPSA) is 104 Å². The van der Waals surface area contributed by atoms with Gasteiger partial charge in [0.1, 0.15) is 6.04 Å². The maximum Gasteiger partial charge on any atom is 0.243 e. The lowest BCUT2D eigenvalue weighted by Gasteiger charge is -2.33. The van der Waals surface area contributed by atoms with Crippen molar-refractivity contribution in [3.8, 4) is 0 Å². The van der Waals surface area contributed by atoms with Crippen LogP contribution in [0.15, 0.2) is 58.3 Å². The van der Waals surface area contributed by atoms with E-state index < -0.39 is 32.0 Å². The third-order valence-corrected chi connectivity index (χ3v) is 9.09. The Hall–Kier alpha value is -2.27. The van der Waals surface area contributed by atoms with Gasteiger partial charge in [0.05, 0.1) is 9.79 Å². The Labute approximate surface area is 184 Å². The van der Waals surface area contributed by atoms with Gasteiger partial charge in [0, 0.05) is 26.3 Å². The first kappa shape index (κ1) is 23.4. The first-order valence-electron chi connectivity index (χ1n) is 9.96. The van der Waals surface area contributed by atoms with Gasteiger partial charge < -0.3 is 5.32 Å². The molecule has 1 aliphatic heterocycles. The van der Waals surface area contributed by atoms with Crippen LogP contribution in [0.1, 0.15) is 24.8 Å². The van der Waals surface area contributed by atoms with E-state index in [1.807, 2.05) is 0 Å². The Bertz CT molecular complexity index is 1160. The van der Waals surface area contributed by atoms with Crippen molar-refractivity contribution in [1.29, 1.82) is 0 Å². The van der Waals surface area contributed by atoms with Gasteiger partial charge in [0.15, 0.2) is 0 Å². The summed E-state index contributed by atoms with van der Waals surface area (Å²) in [7, 11) is -4.64. The number of amides is 1. The second-order valence-corrected chi connectivity index (χ2v) is 11.7. The molecule has 1 fully saturated rings. The van der Waals surface area contributed by atoms with Gasteiger partial charge in [-0.2, -0.15) is 4.31 Å². The fourth-order valence-corrected chi connectivity index (χ4v) is 6.11. The number of nitrogens with one attached hydrogen (secondary N) is 1. The molecule has 0 aromatic heterocycles. The quantitative estimate of drug-likeness (QED) is 0.706. The lowest BCUT2D eigenvalue weighted by atomic mass is 10.0. The third kappa shape index (κ3) is 4.82. The maximum atomic E-state index is 13.1. The number of carbonyl (C=O) groups is 1. The largest absolute Gasteiger partial charge is 0.324 e. The van der Waals surface area contributed by atoms with Gasteiger partial charge in [0.25, 0.3) is 0 Å². The van der Waals surface area contributed by atoms with Gasteiger partial charge in [-0.1, -0.05) is 30.7 Å². The van der Waals surface area contributed by atoms with Crippen molar-refractivity contribution in [2.45, 2.75) is 42.0 Å². The van der Waals surface area contributed by atoms with Gasteiger partial charge in [-0.3, -0.25) is 4.79 Å². The number of aryl methyl sites for hydroxylation is 1. The highest BCUT2D eigenvalue weighted by atomic mass is 32.2. The first-order valence-corrected chi connectivity index (χ1v) is 12.8. The lowest BCUT2D eigenvalue weighted by molar-refractivity contribution is -0.120. The van der Waals surface area contributed by atoms with Crippen LogP contribution in [0.4, 0.5) is 5.69 Å². The zero-order chi connectivity index (χ0) is 22.8. The van der Waals surface area contributed by atoms with Gasteiger partial charge >= 0.3 is 0 Å². The molecule has 0 saturated carbocycles. The van der Waals surface area contributed by atoms with Crippen LogP contribution in [0.2, 0.25) is 0 Å². The van der Waals surface area contributed by atoms with E-state index in [2.05, 4.69) is 5.32 Å². The molecule has 168 valence electrons. The fraction of sp³-hybridized carbons (Fsp3) is 0.381. The molecule has 0 spiro atoms. The van der Waals surface area contributed by atoms with Crippen LogP contribution in [0.25, 0.3) is 0 Å². The molecule has 1 amide bonds. The van der Waals surface area contributed by atoms with Crippen LogP contribution in [0.3, 0.4) is 0 Å². The van der Waals surface area contributed by atoms with Crippen LogP contribution in [0, 0.1) is 6.92 Å². The van der Waals surface area contributed by atoms with Crippen molar-refractivity contribution in [3.63, 3.8) is 0 Å². The molecule has 0 aliphatic carbocycles. The van der Waals surface area contributed by atoms with E-state index in [0.717, 1.165) is 10.7 Å². The monoisotopic (exact) mass is 465 g/mol.